The molecule has 4 nitrogen and oxygen atoms in total. The predicted molar refractivity (Wildman–Crippen MR) is 70.8 cm³/mol. The number of nitrogens with zero attached hydrogens (tertiary/aromatic N) is 1. The molecule has 4 heteroatoms. The van der Waals surface area contributed by atoms with Crippen LogP contribution < -0.4 is 10.2 Å². The highest BCUT2D eigenvalue weighted by Gasteiger charge is 2.44. The molecule has 1 fully saturated rings. The minimum atomic E-state index is -0.409. The standard InChI is InChI=1S/C14H20N2O2/c1-17-14(18-2)9-16(10-14)13-4-3-11-5-6-15-8-12(11)7-13/h3-4,7,15H,5-6,8-10H2,1-2H3. The van der Waals surface area contributed by atoms with E-state index in [0.29, 0.717) is 0 Å². The second kappa shape index (κ2) is 4.53. The largest absolute Gasteiger partial charge is 0.361 e. The number of anilines is 1. The Kier molecular flexibility index (Phi) is 3.01. The maximum absolute atomic E-state index is 5.41. The zero-order chi connectivity index (χ0) is 12.6. The number of hydrogen-bond donors (Lipinski definition) is 1. The third kappa shape index (κ3) is 1.90. The fourth-order valence-corrected chi connectivity index (χ4v) is 2.72. The molecule has 0 aromatic heterocycles. The third-order valence-corrected chi connectivity index (χ3v) is 4.05. The minimum absolute atomic E-state index is 0.409. The molecular weight excluding hydrogens is 228 g/mol. The van der Waals surface area contributed by atoms with Crippen molar-refractivity contribution in [3.05, 3.63) is 29.3 Å². The van der Waals surface area contributed by atoms with Crippen LogP contribution in [0.15, 0.2) is 18.2 Å². The van der Waals surface area contributed by atoms with E-state index < -0.39 is 5.79 Å². The maximum atomic E-state index is 5.41. The lowest BCUT2D eigenvalue weighted by Gasteiger charge is -2.48. The van der Waals surface area contributed by atoms with Crippen LogP contribution in [0.2, 0.25) is 0 Å². The lowest BCUT2D eigenvalue weighted by atomic mass is 9.98. The first kappa shape index (κ1) is 12.0. The maximum Gasteiger partial charge on any atom is 0.203 e. The van der Waals surface area contributed by atoms with Crippen molar-refractivity contribution in [3.8, 4) is 0 Å². The fraction of sp³-hybridized carbons (Fsp3) is 0.571. The zero-order valence-electron chi connectivity index (χ0n) is 11.0. The van der Waals surface area contributed by atoms with Crippen molar-refractivity contribution >= 4 is 5.69 Å². The van der Waals surface area contributed by atoms with Crippen molar-refractivity contribution in [2.45, 2.75) is 18.8 Å². The van der Waals surface area contributed by atoms with Gasteiger partial charge >= 0.3 is 0 Å². The minimum Gasteiger partial charge on any atom is -0.361 e. The van der Waals surface area contributed by atoms with E-state index in [0.717, 1.165) is 32.6 Å². The van der Waals surface area contributed by atoms with Crippen LogP contribution in [0.3, 0.4) is 0 Å². The first-order valence-electron chi connectivity index (χ1n) is 6.44. The average molecular weight is 248 g/mol. The van der Waals surface area contributed by atoms with Gasteiger partial charge in [0.2, 0.25) is 5.79 Å². The molecular formula is C14H20N2O2. The monoisotopic (exact) mass is 248 g/mol. The van der Waals surface area contributed by atoms with Gasteiger partial charge in [-0.05, 0) is 36.2 Å². The predicted octanol–water partition coefficient (Wildman–Crippen LogP) is 1.14. The Bertz CT molecular complexity index is 435. The zero-order valence-corrected chi connectivity index (χ0v) is 11.0. The Hall–Kier alpha value is -1.10. The first-order chi connectivity index (χ1) is 8.76. The number of ether oxygens (including phenoxy) is 2. The summed E-state index contributed by atoms with van der Waals surface area (Å²) < 4.78 is 10.8. The van der Waals surface area contributed by atoms with Gasteiger partial charge in [-0.3, -0.25) is 0 Å². The molecule has 2 aliphatic rings. The van der Waals surface area contributed by atoms with Gasteiger partial charge in [0.05, 0.1) is 13.1 Å². The molecule has 18 heavy (non-hydrogen) atoms. The van der Waals surface area contributed by atoms with Gasteiger partial charge in [0.1, 0.15) is 0 Å². The van der Waals surface area contributed by atoms with Crippen molar-refractivity contribution < 1.29 is 9.47 Å². The molecule has 1 N–H and O–H groups in total. The second-order valence-electron chi connectivity index (χ2n) is 5.05. The third-order valence-electron chi connectivity index (χ3n) is 4.05. The van der Waals surface area contributed by atoms with Crippen LogP contribution in [0.25, 0.3) is 0 Å². The Balaban J connectivity index is 1.75. The molecule has 3 rings (SSSR count). The summed E-state index contributed by atoms with van der Waals surface area (Å²) >= 11 is 0. The molecule has 0 aliphatic carbocycles. The summed E-state index contributed by atoms with van der Waals surface area (Å²) in [5.41, 5.74) is 4.16. The van der Waals surface area contributed by atoms with Gasteiger partial charge < -0.3 is 19.7 Å². The van der Waals surface area contributed by atoms with E-state index in [1.807, 2.05) is 0 Å². The molecule has 1 aromatic rings. The van der Waals surface area contributed by atoms with E-state index in [9.17, 15) is 0 Å². The molecule has 2 heterocycles. The molecule has 0 saturated carbocycles. The van der Waals surface area contributed by atoms with Crippen LogP contribution in [-0.2, 0) is 22.4 Å². The van der Waals surface area contributed by atoms with Crippen LogP contribution in [-0.4, -0.2) is 39.6 Å². The molecule has 0 atom stereocenters. The van der Waals surface area contributed by atoms with E-state index in [2.05, 4.69) is 28.4 Å². The van der Waals surface area contributed by atoms with Gasteiger partial charge in [0, 0.05) is 26.5 Å². The molecule has 0 unspecified atom stereocenters. The van der Waals surface area contributed by atoms with Crippen LogP contribution in [0.5, 0.6) is 0 Å². The second-order valence-corrected chi connectivity index (χ2v) is 5.05. The van der Waals surface area contributed by atoms with Gasteiger partial charge in [0.25, 0.3) is 0 Å². The number of rotatable bonds is 3. The van der Waals surface area contributed by atoms with Crippen LogP contribution in [0, 0.1) is 0 Å². The highest BCUT2D eigenvalue weighted by molar-refractivity contribution is 5.54. The normalized spacial score (nSPS) is 21.3. The number of benzene rings is 1. The molecule has 98 valence electrons. The van der Waals surface area contributed by atoms with Crippen molar-refractivity contribution in [3.63, 3.8) is 0 Å². The van der Waals surface area contributed by atoms with E-state index in [-0.39, 0.29) is 0 Å². The van der Waals surface area contributed by atoms with Gasteiger partial charge in [-0.25, -0.2) is 0 Å². The molecule has 2 aliphatic heterocycles. The summed E-state index contributed by atoms with van der Waals surface area (Å²) in [6.07, 6.45) is 1.13. The van der Waals surface area contributed by atoms with Crippen LogP contribution in [0.1, 0.15) is 11.1 Å². The Labute approximate surface area is 108 Å². The summed E-state index contributed by atoms with van der Waals surface area (Å²) in [6.45, 7) is 3.67. The summed E-state index contributed by atoms with van der Waals surface area (Å²) in [7, 11) is 3.41. The summed E-state index contributed by atoms with van der Waals surface area (Å²) in [4.78, 5) is 2.29. The van der Waals surface area contributed by atoms with Crippen LogP contribution in [0.4, 0.5) is 5.69 Å². The van der Waals surface area contributed by atoms with Gasteiger partial charge in [-0.15, -0.1) is 0 Å². The molecule has 0 radical (unpaired) electrons. The molecule has 0 spiro atoms. The van der Waals surface area contributed by atoms with Crippen molar-refractivity contribution in [1.29, 1.82) is 0 Å². The summed E-state index contributed by atoms with van der Waals surface area (Å²) in [5, 5.41) is 3.41. The lowest BCUT2D eigenvalue weighted by Crippen LogP contribution is -2.64. The van der Waals surface area contributed by atoms with Crippen molar-refractivity contribution in [2.75, 3.05) is 38.8 Å². The SMILES string of the molecule is COC1(OC)CN(c2ccc3c(c2)CNCC3)C1. The molecule has 1 aromatic carbocycles. The number of fused-ring (bicyclic) bond motifs is 1. The topological polar surface area (TPSA) is 33.7 Å². The Morgan fingerprint density at radius 3 is 2.67 bits per heavy atom. The number of hydrogen-bond acceptors (Lipinski definition) is 4. The number of nitrogens with one attached hydrogen (secondary N) is 1. The molecule has 0 bridgehead atoms. The van der Waals surface area contributed by atoms with E-state index in [1.54, 1.807) is 14.2 Å². The van der Waals surface area contributed by atoms with E-state index in [1.165, 1.54) is 16.8 Å². The summed E-state index contributed by atoms with van der Waals surface area (Å²) in [6, 6.07) is 6.75. The average Bonchev–Trinajstić information content (AvgIpc) is 2.38. The van der Waals surface area contributed by atoms with Crippen molar-refractivity contribution in [1.82, 2.24) is 5.32 Å². The smallest absolute Gasteiger partial charge is 0.203 e. The number of methoxy groups -OCH3 is 2. The molecule has 1 saturated heterocycles. The summed E-state index contributed by atoms with van der Waals surface area (Å²) in [5.74, 6) is -0.409. The quantitative estimate of drug-likeness (QED) is 0.813. The van der Waals surface area contributed by atoms with Crippen molar-refractivity contribution in [2.24, 2.45) is 0 Å². The van der Waals surface area contributed by atoms with E-state index >= 15 is 0 Å². The van der Waals surface area contributed by atoms with E-state index in [4.69, 9.17) is 9.47 Å². The van der Waals surface area contributed by atoms with Gasteiger partial charge in [-0.1, -0.05) is 6.07 Å². The van der Waals surface area contributed by atoms with Crippen LogP contribution >= 0.6 is 0 Å². The lowest BCUT2D eigenvalue weighted by molar-refractivity contribution is -0.219. The fourth-order valence-electron chi connectivity index (χ4n) is 2.72. The highest BCUT2D eigenvalue weighted by atomic mass is 16.7. The molecule has 0 amide bonds. The van der Waals surface area contributed by atoms with Gasteiger partial charge in [-0.2, -0.15) is 0 Å². The Morgan fingerprint density at radius 2 is 1.94 bits per heavy atom. The Morgan fingerprint density at radius 1 is 1.17 bits per heavy atom. The highest BCUT2D eigenvalue weighted by Crippen LogP contribution is 2.32. The van der Waals surface area contributed by atoms with Gasteiger partial charge in [0.15, 0.2) is 0 Å². The first-order valence-corrected chi connectivity index (χ1v) is 6.44.